The van der Waals surface area contributed by atoms with Crippen LogP contribution in [0.25, 0.3) is 0 Å². The van der Waals surface area contributed by atoms with Crippen molar-refractivity contribution in [1.82, 2.24) is 4.90 Å². The quantitative estimate of drug-likeness (QED) is 0.830. The molecule has 24 heavy (non-hydrogen) atoms. The second-order valence-electron chi connectivity index (χ2n) is 7.74. The van der Waals surface area contributed by atoms with Gasteiger partial charge in [0.25, 0.3) is 0 Å². The molecule has 0 radical (unpaired) electrons. The first-order valence-electron chi connectivity index (χ1n) is 8.98. The minimum absolute atomic E-state index is 0.144. The van der Waals surface area contributed by atoms with Gasteiger partial charge in [0.05, 0.1) is 18.8 Å². The van der Waals surface area contributed by atoms with Gasteiger partial charge in [0.2, 0.25) is 0 Å². The highest BCUT2D eigenvalue weighted by Crippen LogP contribution is 2.43. The van der Waals surface area contributed by atoms with Gasteiger partial charge < -0.3 is 19.5 Å². The summed E-state index contributed by atoms with van der Waals surface area (Å²) in [7, 11) is 5.78. The van der Waals surface area contributed by atoms with Crippen molar-refractivity contribution in [2.75, 3.05) is 34.4 Å². The van der Waals surface area contributed by atoms with Gasteiger partial charge in [0, 0.05) is 19.1 Å². The first-order chi connectivity index (χ1) is 11.3. The Morgan fingerprint density at radius 2 is 2.08 bits per heavy atom. The Morgan fingerprint density at radius 3 is 2.71 bits per heavy atom. The molecule has 1 aromatic rings. The molecule has 3 atom stereocenters. The summed E-state index contributed by atoms with van der Waals surface area (Å²) in [5, 5.41) is 11.5. The summed E-state index contributed by atoms with van der Waals surface area (Å²) in [6.07, 6.45) is 2.74. The van der Waals surface area contributed by atoms with Crippen molar-refractivity contribution in [3.05, 3.63) is 29.8 Å². The molecule has 0 aromatic heterocycles. The summed E-state index contributed by atoms with van der Waals surface area (Å²) in [5.74, 6) is 1.48. The number of hydrogen-bond donors (Lipinski definition) is 1. The smallest absolute Gasteiger partial charge is 0.119 e. The van der Waals surface area contributed by atoms with E-state index >= 15 is 0 Å². The third kappa shape index (κ3) is 4.71. The SMILES string of the molecule is COc1cccc(C2(O)CCC(OCC(C)C)CC2CN(C)C)c1. The van der Waals surface area contributed by atoms with Crippen LogP contribution in [0.1, 0.15) is 38.7 Å². The molecule has 1 aliphatic rings. The predicted molar refractivity (Wildman–Crippen MR) is 97.4 cm³/mol. The van der Waals surface area contributed by atoms with Crippen molar-refractivity contribution < 1.29 is 14.6 Å². The molecule has 4 nitrogen and oxygen atoms in total. The second kappa shape index (κ2) is 8.32. The van der Waals surface area contributed by atoms with Crippen LogP contribution in [0.2, 0.25) is 0 Å². The van der Waals surface area contributed by atoms with Gasteiger partial charge >= 0.3 is 0 Å². The van der Waals surface area contributed by atoms with E-state index in [0.29, 0.717) is 5.92 Å². The lowest BCUT2D eigenvalue weighted by molar-refractivity contribution is -0.110. The maximum atomic E-state index is 11.5. The van der Waals surface area contributed by atoms with Gasteiger partial charge in [-0.25, -0.2) is 0 Å². The lowest BCUT2D eigenvalue weighted by atomic mass is 9.70. The van der Waals surface area contributed by atoms with Crippen LogP contribution in [-0.4, -0.2) is 50.5 Å². The minimum atomic E-state index is -0.823. The molecular formula is C20H33NO3. The fraction of sp³-hybridized carbons (Fsp3) is 0.700. The lowest BCUT2D eigenvalue weighted by Gasteiger charge is -2.44. The Morgan fingerprint density at radius 1 is 1.33 bits per heavy atom. The molecule has 1 N–H and O–H groups in total. The maximum absolute atomic E-state index is 11.5. The number of hydrogen-bond acceptors (Lipinski definition) is 4. The highest BCUT2D eigenvalue weighted by molar-refractivity contribution is 5.33. The average molecular weight is 335 g/mol. The number of rotatable bonds is 7. The summed E-state index contributed by atoms with van der Waals surface area (Å²) in [4.78, 5) is 2.15. The Hall–Kier alpha value is -1.10. The monoisotopic (exact) mass is 335 g/mol. The number of aliphatic hydroxyl groups is 1. The number of ether oxygens (including phenoxy) is 2. The summed E-state index contributed by atoms with van der Waals surface area (Å²) >= 11 is 0. The van der Waals surface area contributed by atoms with E-state index in [1.165, 1.54) is 0 Å². The van der Waals surface area contributed by atoms with Crippen molar-refractivity contribution in [1.29, 1.82) is 0 Å². The van der Waals surface area contributed by atoms with E-state index < -0.39 is 5.60 Å². The van der Waals surface area contributed by atoms with Gasteiger partial charge in [-0.15, -0.1) is 0 Å². The highest BCUT2D eigenvalue weighted by Gasteiger charge is 2.44. The molecule has 0 amide bonds. The molecule has 136 valence electrons. The minimum Gasteiger partial charge on any atom is -0.497 e. The lowest BCUT2D eigenvalue weighted by Crippen LogP contribution is -2.47. The van der Waals surface area contributed by atoms with E-state index in [2.05, 4.69) is 32.8 Å². The van der Waals surface area contributed by atoms with Crippen molar-refractivity contribution in [3.63, 3.8) is 0 Å². The van der Waals surface area contributed by atoms with E-state index in [9.17, 15) is 5.11 Å². The van der Waals surface area contributed by atoms with Gasteiger partial charge in [-0.05, 0) is 57.0 Å². The maximum Gasteiger partial charge on any atom is 0.119 e. The van der Waals surface area contributed by atoms with Gasteiger partial charge in [0.15, 0.2) is 0 Å². The fourth-order valence-corrected chi connectivity index (χ4v) is 3.63. The topological polar surface area (TPSA) is 41.9 Å². The van der Waals surface area contributed by atoms with Crippen LogP contribution < -0.4 is 4.74 Å². The Bertz CT molecular complexity index is 517. The van der Waals surface area contributed by atoms with Crippen LogP contribution in [0.15, 0.2) is 24.3 Å². The van der Waals surface area contributed by atoms with E-state index in [0.717, 1.165) is 43.7 Å². The summed E-state index contributed by atoms with van der Waals surface area (Å²) in [6, 6.07) is 7.86. The molecule has 1 fully saturated rings. The zero-order chi connectivity index (χ0) is 17.7. The molecule has 0 saturated heterocycles. The molecule has 0 aliphatic heterocycles. The zero-order valence-corrected chi connectivity index (χ0v) is 15.8. The van der Waals surface area contributed by atoms with Crippen LogP contribution in [0.3, 0.4) is 0 Å². The van der Waals surface area contributed by atoms with Crippen LogP contribution in [-0.2, 0) is 10.3 Å². The van der Waals surface area contributed by atoms with E-state index in [1.807, 2.05) is 24.3 Å². The highest BCUT2D eigenvalue weighted by atomic mass is 16.5. The van der Waals surface area contributed by atoms with Crippen LogP contribution in [0.5, 0.6) is 5.75 Å². The predicted octanol–water partition coefficient (Wildman–Crippen LogP) is 3.29. The summed E-state index contributed by atoms with van der Waals surface area (Å²) in [5.41, 5.74) is 0.132. The summed E-state index contributed by atoms with van der Waals surface area (Å²) < 4.78 is 11.4. The van der Waals surface area contributed by atoms with Gasteiger partial charge in [-0.2, -0.15) is 0 Å². The number of methoxy groups -OCH3 is 1. The molecule has 0 spiro atoms. The van der Waals surface area contributed by atoms with Crippen LogP contribution in [0, 0.1) is 11.8 Å². The first-order valence-corrected chi connectivity index (χ1v) is 8.98. The van der Waals surface area contributed by atoms with Crippen LogP contribution >= 0.6 is 0 Å². The second-order valence-corrected chi connectivity index (χ2v) is 7.74. The third-order valence-electron chi connectivity index (χ3n) is 4.89. The van der Waals surface area contributed by atoms with Gasteiger partial charge in [-0.3, -0.25) is 0 Å². The molecule has 4 heteroatoms. The number of benzene rings is 1. The van der Waals surface area contributed by atoms with E-state index in [4.69, 9.17) is 9.47 Å². The largest absolute Gasteiger partial charge is 0.497 e. The van der Waals surface area contributed by atoms with Crippen molar-refractivity contribution in [2.24, 2.45) is 11.8 Å². The Kier molecular flexibility index (Phi) is 6.67. The Balaban J connectivity index is 2.20. The number of nitrogens with zero attached hydrogens (tertiary/aromatic N) is 1. The van der Waals surface area contributed by atoms with Crippen molar-refractivity contribution in [2.45, 2.75) is 44.8 Å². The molecule has 1 aromatic carbocycles. The molecule has 2 rings (SSSR count). The van der Waals surface area contributed by atoms with Gasteiger partial charge in [-0.1, -0.05) is 26.0 Å². The first kappa shape index (κ1) is 19.2. The van der Waals surface area contributed by atoms with E-state index in [1.54, 1.807) is 7.11 Å². The van der Waals surface area contributed by atoms with Crippen molar-refractivity contribution in [3.8, 4) is 5.75 Å². The Labute approximate surface area is 146 Å². The summed E-state index contributed by atoms with van der Waals surface area (Å²) in [6.45, 7) is 5.98. The average Bonchev–Trinajstić information content (AvgIpc) is 2.55. The normalized spacial score (nSPS) is 27.7. The molecule has 1 aliphatic carbocycles. The molecular weight excluding hydrogens is 302 g/mol. The van der Waals surface area contributed by atoms with Crippen LogP contribution in [0.4, 0.5) is 0 Å². The standard InChI is InChI=1S/C20H33NO3/c1-15(2)14-24-19-9-10-20(22,17(12-19)13-21(3)4)16-7-6-8-18(11-16)23-5/h6-8,11,15,17,19,22H,9-10,12-14H2,1-5H3. The molecule has 0 heterocycles. The molecule has 3 unspecified atom stereocenters. The van der Waals surface area contributed by atoms with Crippen molar-refractivity contribution >= 4 is 0 Å². The molecule has 1 saturated carbocycles. The van der Waals surface area contributed by atoms with E-state index in [-0.39, 0.29) is 12.0 Å². The molecule has 0 bridgehead atoms. The van der Waals surface area contributed by atoms with Gasteiger partial charge in [0.1, 0.15) is 5.75 Å². The fourth-order valence-electron chi connectivity index (χ4n) is 3.63. The zero-order valence-electron chi connectivity index (χ0n) is 15.8. The third-order valence-corrected chi connectivity index (χ3v) is 4.89.